The van der Waals surface area contributed by atoms with Gasteiger partial charge in [0.1, 0.15) is 11.5 Å². The molecule has 2 aromatic rings. The molecule has 25 heavy (non-hydrogen) atoms. The van der Waals surface area contributed by atoms with Crippen molar-refractivity contribution in [3.8, 4) is 0 Å². The highest BCUT2D eigenvalue weighted by molar-refractivity contribution is 6.43. The minimum absolute atomic E-state index is 0.0763. The second-order valence-corrected chi connectivity index (χ2v) is 6.19. The Balaban J connectivity index is 1.74. The average molecular weight is 339 g/mol. The van der Waals surface area contributed by atoms with Crippen LogP contribution in [-0.2, 0) is 16.1 Å². The number of nitrogens with zero attached hydrogens (tertiary/aromatic N) is 4. The van der Waals surface area contributed by atoms with Gasteiger partial charge in [-0.15, -0.1) is 0 Å². The Morgan fingerprint density at radius 3 is 2.68 bits per heavy atom. The van der Waals surface area contributed by atoms with E-state index in [0.29, 0.717) is 24.5 Å². The van der Waals surface area contributed by atoms with Crippen LogP contribution in [0.1, 0.15) is 38.3 Å². The molecule has 0 atom stereocenters. The van der Waals surface area contributed by atoms with Gasteiger partial charge in [-0.25, -0.2) is 9.69 Å². The molecule has 7 heteroatoms. The highest BCUT2D eigenvalue weighted by Crippen LogP contribution is 2.16. The molecular weight excluding hydrogens is 318 g/mol. The molecule has 0 saturated carbocycles. The van der Waals surface area contributed by atoms with E-state index in [-0.39, 0.29) is 24.3 Å². The van der Waals surface area contributed by atoms with Gasteiger partial charge in [0.15, 0.2) is 0 Å². The Hall–Kier alpha value is -2.96. The number of rotatable bonds is 5. The minimum atomic E-state index is -0.298. The Morgan fingerprint density at radius 1 is 1.20 bits per heavy atom. The van der Waals surface area contributed by atoms with Crippen molar-refractivity contribution >= 4 is 23.3 Å². The van der Waals surface area contributed by atoms with Crippen LogP contribution in [0.15, 0.2) is 47.7 Å². The van der Waals surface area contributed by atoms with E-state index in [2.05, 4.69) is 15.5 Å². The lowest BCUT2D eigenvalue weighted by Gasteiger charge is -2.23. The number of hydrogen-bond acceptors (Lipinski definition) is 4. The van der Waals surface area contributed by atoms with Crippen molar-refractivity contribution in [2.45, 2.75) is 39.3 Å². The zero-order valence-electron chi connectivity index (χ0n) is 14.3. The summed E-state index contributed by atoms with van der Waals surface area (Å²) in [5, 5.41) is 12.7. The van der Waals surface area contributed by atoms with Gasteiger partial charge in [-0.3, -0.25) is 9.59 Å². The van der Waals surface area contributed by atoms with Gasteiger partial charge in [0.05, 0.1) is 12.7 Å². The fourth-order valence-corrected chi connectivity index (χ4v) is 2.66. The van der Waals surface area contributed by atoms with Gasteiger partial charge >= 0.3 is 0 Å². The summed E-state index contributed by atoms with van der Waals surface area (Å²) in [5.41, 5.74) is 1.33. The molecule has 0 fully saturated rings. The highest BCUT2D eigenvalue weighted by atomic mass is 16.2. The van der Waals surface area contributed by atoms with E-state index >= 15 is 0 Å². The summed E-state index contributed by atoms with van der Waals surface area (Å²) in [6.45, 7) is 4.34. The Kier molecular flexibility index (Phi) is 4.92. The summed E-state index contributed by atoms with van der Waals surface area (Å²) < 4.78 is 1.73. The molecule has 1 aliphatic heterocycles. The first-order valence-electron chi connectivity index (χ1n) is 8.31. The molecule has 2 amide bonds. The van der Waals surface area contributed by atoms with Crippen LogP contribution in [0.3, 0.4) is 0 Å². The molecule has 1 N–H and O–H groups in total. The molecule has 0 spiro atoms. The summed E-state index contributed by atoms with van der Waals surface area (Å²) in [4.78, 5) is 24.6. The quantitative estimate of drug-likeness (QED) is 0.909. The van der Waals surface area contributed by atoms with Crippen molar-refractivity contribution in [3.63, 3.8) is 0 Å². The SMILES string of the molecule is CC(C)n1nccc1NC(=O)C1=NN(Cc2ccccc2)C(=O)CC1. The second kappa shape index (κ2) is 7.29. The molecule has 1 aromatic heterocycles. The van der Waals surface area contributed by atoms with E-state index in [9.17, 15) is 9.59 Å². The predicted molar refractivity (Wildman–Crippen MR) is 94.9 cm³/mol. The van der Waals surface area contributed by atoms with Crippen LogP contribution in [0, 0.1) is 0 Å². The molecule has 7 nitrogen and oxygen atoms in total. The minimum Gasteiger partial charge on any atom is -0.306 e. The first kappa shape index (κ1) is 16.9. The van der Waals surface area contributed by atoms with Crippen LogP contribution >= 0.6 is 0 Å². The third-order valence-corrected chi connectivity index (χ3v) is 3.94. The fraction of sp³-hybridized carbons (Fsp3) is 0.333. The maximum atomic E-state index is 12.5. The first-order valence-corrected chi connectivity index (χ1v) is 8.31. The van der Waals surface area contributed by atoms with Crippen molar-refractivity contribution < 1.29 is 9.59 Å². The van der Waals surface area contributed by atoms with Gasteiger partial charge < -0.3 is 5.32 Å². The molecule has 0 aliphatic carbocycles. The van der Waals surface area contributed by atoms with E-state index in [4.69, 9.17) is 0 Å². The Labute approximate surface area is 146 Å². The van der Waals surface area contributed by atoms with Crippen LogP contribution in [-0.4, -0.2) is 32.3 Å². The maximum Gasteiger partial charge on any atom is 0.273 e. The molecule has 0 saturated heterocycles. The molecule has 2 heterocycles. The van der Waals surface area contributed by atoms with E-state index < -0.39 is 0 Å². The number of hydrazone groups is 1. The molecule has 1 aliphatic rings. The van der Waals surface area contributed by atoms with Crippen molar-refractivity contribution in [3.05, 3.63) is 48.2 Å². The molecule has 0 radical (unpaired) electrons. The van der Waals surface area contributed by atoms with Gasteiger partial charge in [0.25, 0.3) is 5.91 Å². The molecule has 1 aromatic carbocycles. The smallest absolute Gasteiger partial charge is 0.273 e. The number of benzene rings is 1. The normalized spacial score (nSPS) is 14.6. The number of carbonyl (C=O) groups excluding carboxylic acids is 2. The zero-order valence-corrected chi connectivity index (χ0v) is 14.3. The second-order valence-electron chi connectivity index (χ2n) is 6.19. The van der Waals surface area contributed by atoms with E-state index in [1.165, 1.54) is 5.01 Å². The van der Waals surface area contributed by atoms with Crippen molar-refractivity contribution in [1.82, 2.24) is 14.8 Å². The van der Waals surface area contributed by atoms with Crippen LogP contribution < -0.4 is 5.32 Å². The average Bonchev–Trinajstić information content (AvgIpc) is 3.06. The van der Waals surface area contributed by atoms with Gasteiger partial charge in [0.2, 0.25) is 5.91 Å². The summed E-state index contributed by atoms with van der Waals surface area (Å²) in [7, 11) is 0. The number of carbonyl (C=O) groups is 2. The Bertz CT molecular complexity index is 795. The number of aromatic nitrogens is 2. The van der Waals surface area contributed by atoms with Gasteiger partial charge in [-0.1, -0.05) is 30.3 Å². The third kappa shape index (κ3) is 3.93. The molecule has 0 bridgehead atoms. The summed E-state index contributed by atoms with van der Waals surface area (Å²) in [6, 6.07) is 11.5. The topological polar surface area (TPSA) is 79.6 Å². The Morgan fingerprint density at radius 2 is 1.96 bits per heavy atom. The van der Waals surface area contributed by atoms with Crippen LogP contribution in [0.2, 0.25) is 0 Å². The van der Waals surface area contributed by atoms with Crippen LogP contribution in [0.4, 0.5) is 5.82 Å². The number of hydrogen-bond donors (Lipinski definition) is 1. The van der Waals surface area contributed by atoms with Crippen molar-refractivity contribution in [2.75, 3.05) is 5.32 Å². The number of nitrogens with one attached hydrogen (secondary N) is 1. The van der Waals surface area contributed by atoms with E-state index in [1.807, 2.05) is 44.2 Å². The van der Waals surface area contributed by atoms with Gasteiger partial charge in [-0.05, 0) is 19.4 Å². The summed E-state index contributed by atoms with van der Waals surface area (Å²) in [5.74, 6) is 0.245. The lowest BCUT2D eigenvalue weighted by molar-refractivity contribution is -0.132. The van der Waals surface area contributed by atoms with Gasteiger partial charge in [0, 0.05) is 24.9 Å². The fourth-order valence-electron chi connectivity index (χ4n) is 2.66. The standard InChI is InChI=1S/C18H21N5O2/c1-13(2)23-16(10-11-19-23)20-18(25)15-8-9-17(24)22(21-15)12-14-6-4-3-5-7-14/h3-7,10-11,13H,8-9,12H2,1-2H3,(H,20,25). The van der Waals surface area contributed by atoms with Crippen molar-refractivity contribution in [1.29, 1.82) is 0 Å². The highest BCUT2D eigenvalue weighted by Gasteiger charge is 2.25. The zero-order chi connectivity index (χ0) is 17.8. The molecular formula is C18H21N5O2. The molecule has 0 unspecified atom stereocenters. The molecule has 130 valence electrons. The number of amides is 2. The first-order chi connectivity index (χ1) is 12.0. The molecule has 3 rings (SSSR count). The van der Waals surface area contributed by atoms with E-state index in [0.717, 1.165) is 5.56 Å². The monoisotopic (exact) mass is 339 g/mol. The maximum absolute atomic E-state index is 12.5. The number of anilines is 1. The lowest BCUT2D eigenvalue weighted by atomic mass is 10.1. The van der Waals surface area contributed by atoms with Gasteiger partial charge in [-0.2, -0.15) is 10.2 Å². The summed E-state index contributed by atoms with van der Waals surface area (Å²) >= 11 is 0. The largest absolute Gasteiger partial charge is 0.306 e. The predicted octanol–water partition coefficient (Wildman–Crippen LogP) is 2.58. The summed E-state index contributed by atoms with van der Waals surface area (Å²) in [6.07, 6.45) is 2.26. The van der Waals surface area contributed by atoms with Crippen molar-refractivity contribution in [2.24, 2.45) is 5.10 Å². The lowest BCUT2D eigenvalue weighted by Crippen LogP contribution is -2.36. The van der Waals surface area contributed by atoms with Crippen LogP contribution in [0.5, 0.6) is 0 Å². The van der Waals surface area contributed by atoms with Crippen LogP contribution in [0.25, 0.3) is 0 Å². The van der Waals surface area contributed by atoms with E-state index in [1.54, 1.807) is 16.9 Å². The third-order valence-electron chi connectivity index (χ3n) is 3.94.